The molecular formula is C8H10F3N2O. The lowest BCUT2D eigenvalue weighted by atomic mass is 10.1. The Morgan fingerprint density at radius 3 is 2.43 bits per heavy atom. The maximum absolute atomic E-state index is 12.0. The fourth-order valence-corrected chi connectivity index (χ4v) is 1.00. The molecule has 0 unspecified atom stereocenters. The molecule has 3 nitrogen and oxygen atoms in total. The third-order valence-electron chi connectivity index (χ3n) is 1.63. The Balaban J connectivity index is 3.00. The highest BCUT2D eigenvalue weighted by Gasteiger charge is 2.34. The van der Waals surface area contributed by atoms with Gasteiger partial charge in [0.1, 0.15) is 6.20 Å². The normalized spacial score (nSPS) is 12.2. The Kier molecular flexibility index (Phi) is 2.73. The van der Waals surface area contributed by atoms with Crippen molar-refractivity contribution >= 4 is 0 Å². The summed E-state index contributed by atoms with van der Waals surface area (Å²) in [5.41, 5.74) is 0.324. The summed E-state index contributed by atoms with van der Waals surface area (Å²) < 4.78 is 40.7. The molecule has 0 fully saturated rings. The van der Waals surface area contributed by atoms with Crippen LogP contribution in [0.1, 0.15) is 25.3 Å². The molecule has 79 valence electrons. The monoisotopic (exact) mass is 207 g/mol. The number of ether oxygens (including phenoxy) is 1. The van der Waals surface area contributed by atoms with Crippen molar-refractivity contribution < 1.29 is 17.9 Å². The molecular weight excluding hydrogens is 197 g/mol. The van der Waals surface area contributed by atoms with Crippen LogP contribution in [0.2, 0.25) is 0 Å². The van der Waals surface area contributed by atoms with Crippen molar-refractivity contribution in [3.8, 4) is 5.88 Å². The zero-order valence-corrected chi connectivity index (χ0v) is 8.01. The lowest BCUT2D eigenvalue weighted by Gasteiger charge is -2.11. The lowest BCUT2D eigenvalue weighted by molar-refractivity contribution is -0.277. The highest BCUT2D eigenvalue weighted by atomic mass is 19.4. The fourth-order valence-electron chi connectivity index (χ4n) is 1.00. The molecule has 0 saturated heterocycles. The van der Waals surface area contributed by atoms with Crippen molar-refractivity contribution in [3.63, 3.8) is 0 Å². The van der Waals surface area contributed by atoms with E-state index in [1.54, 1.807) is 13.8 Å². The summed E-state index contributed by atoms with van der Waals surface area (Å²) in [6.45, 7) is 3.49. The van der Waals surface area contributed by atoms with Gasteiger partial charge in [-0.2, -0.15) is 5.10 Å². The first-order valence-electron chi connectivity index (χ1n) is 4.01. The highest BCUT2D eigenvalue weighted by Crippen LogP contribution is 2.29. The van der Waals surface area contributed by atoms with Crippen molar-refractivity contribution in [2.45, 2.75) is 26.1 Å². The first kappa shape index (κ1) is 10.9. The maximum Gasteiger partial charge on any atom is 0.574 e. The van der Waals surface area contributed by atoms with Crippen LogP contribution in [0.25, 0.3) is 0 Å². The van der Waals surface area contributed by atoms with Crippen LogP contribution in [0.3, 0.4) is 0 Å². The maximum atomic E-state index is 12.0. The zero-order valence-electron chi connectivity index (χ0n) is 8.01. The zero-order chi connectivity index (χ0) is 10.9. The van der Waals surface area contributed by atoms with Crippen LogP contribution < -0.4 is 4.74 Å². The molecule has 0 saturated carbocycles. The van der Waals surface area contributed by atoms with E-state index in [-0.39, 0.29) is 11.8 Å². The Morgan fingerprint density at radius 1 is 1.43 bits per heavy atom. The van der Waals surface area contributed by atoms with Crippen LogP contribution in [-0.4, -0.2) is 16.1 Å². The Morgan fingerprint density at radius 2 is 2.00 bits per heavy atom. The predicted molar refractivity (Wildman–Crippen MR) is 42.8 cm³/mol. The van der Waals surface area contributed by atoms with E-state index in [0.717, 1.165) is 4.68 Å². The number of aryl methyl sites for hydroxylation is 1. The molecule has 0 N–H and O–H groups in total. The predicted octanol–water partition coefficient (Wildman–Crippen LogP) is 2.24. The highest BCUT2D eigenvalue weighted by molar-refractivity contribution is 5.26. The molecule has 1 heterocycles. The minimum absolute atomic E-state index is 0.110. The number of nitrogens with zero attached hydrogens (tertiary/aromatic N) is 2. The van der Waals surface area contributed by atoms with E-state index in [1.807, 2.05) is 0 Å². The summed E-state index contributed by atoms with van der Waals surface area (Å²) in [6.07, 6.45) is -2.21. The SMILES string of the molecule is CC(C)c1[c]nn(C)c1OC(F)(F)F. The van der Waals surface area contributed by atoms with Crippen LogP contribution in [0.5, 0.6) is 5.88 Å². The Hall–Kier alpha value is -1.20. The number of aromatic nitrogens is 2. The van der Waals surface area contributed by atoms with Gasteiger partial charge in [0.2, 0.25) is 5.88 Å². The minimum atomic E-state index is -4.69. The number of alkyl halides is 3. The average Bonchev–Trinajstić information content (AvgIpc) is 2.29. The van der Waals surface area contributed by atoms with Gasteiger partial charge in [-0.1, -0.05) is 13.8 Å². The van der Waals surface area contributed by atoms with Gasteiger partial charge in [-0.25, -0.2) is 4.68 Å². The molecule has 14 heavy (non-hydrogen) atoms. The molecule has 1 rings (SSSR count). The molecule has 0 aromatic carbocycles. The van der Waals surface area contributed by atoms with Gasteiger partial charge < -0.3 is 4.74 Å². The van der Waals surface area contributed by atoms with Crippen molar-refractivity contribution in [1.82, 2.24) is 9.78 Å². The fraction of sp³-hybridized carbons (Fsp3) is 0.625. The van der Waals surface area contributed by atoms with Crippen molar-refractivity contribution in [2.24, 2.45) is 7.05 Å². The van der Waals surface area contributed by atoms with E-state index in [1.165, 1.54) is 7.05 Å². The molecule has 1 aromatic heterocycles. The molecule has 1 radical (unpaired) electrons. The largest absolute Gasteiger partial charge is 0.574 e. The molecule has 0 aliphatic rings. The van der Waals surface area contributed by atoms with E-state index in [2.05, 4.69) is 16.0 Å². The summed E-state index contributed by atoms with van der Waals surface area (Å²) in [5, 5.41) is 3.59. The van der Waals surface area contributed by atoms with E-state index in [9.17, 15) is 13.2 Å². The number of hydrogen-bond donors (Lipinski definition) is 0. The molecule has 0 aliphatic heterocycles. The molecule has 0 amide bonds. The van der Waals surface area contributed by atoms with E-state index < -0.39 is 6.36 Å². The lowest BCUT2D eigenvalue weighted by Crippen LogP contribution is -2.20. The Labute approximate surface area is 79.5 Å². The molecule has 6 heteroatoms. The van der Waals surface area contributed by atoms with Crippen LogP contribution in [0.4, 0.5) is 13.2 Å². The molecule has 0 bridgehead atoms. The summed E-state index contributed by atoms with van der Waals surface area (Å²) in [5.74, 6) is -0.409. The van der Waals surface area contributed by atoms with E-state index in [0.29, 0.717) is 5.56 Å². The summed E-state index contributed by atoms with van der Waals surface area (Å²) in [6, 6.07) is 0. The quantitative estimate of drug-likeness (QED) is 0.743. The van der Waals surface area contributed by atoms with Gasteiger partial charge in [0.05, 0.1) is 0 Å². The average molecular weight is 207 g/mol. The minimum Gasteiger partial charge on any atom is -0.388 e. The number of halogens is 3. The van der Waals surface area contributed by atoms with Gasteiger partial charge in [-0.3, -0.25) is 0 Å². The number of hydrogen-bond acceptors (Lipinski definition) is 2. The first-order chi connectivity index (χ1) is 6.31. The first-order valence-corrected chi connectivity index (χ1v) is 4.01. The van der Waals surface area contributed by atoms with Gasteiger partial charge in [-0.15, -0.1) is 13.2 Å². The third-order valence-corrected chi connectivity index (χ3v) is 1.63. The summed E-state index contributed by atoms with van der Waals surface area (Å²) in [4.78, 5) is 0. The smallest absolute Gasteiger partial charge is 0.388 e. The second kappa shape index (κ2) is 3.51. The molecule has 0 atom stereocenters. The van der Waals surface area contributed by atoms with Crippen LogP contribution >= 0.6 is 0 Å². The standard InChI is InChI=1S/C8H10F3N2O/c1-5(2)6-4-12-13(3)7(6)14-8(9,10)11/h5H,1-3H3. The molecule has 0 spiro atoms. The third kappa shape index (κ3) is 2.40. The number of rotatable bonds is 2. The Bertz CT molecular complexity index is 317. The topological polar surface area (TPSA) is 27.1 Å². The van der Waals surface area contributed by atoms with Gasteiger partial charge in [0, 0.05) is 12.6 Å². The second-order valence-electron chi connectivity index (χ2n) is 3.16. The van der Waals surface area contributed by atoms with E-state index >= 15 is 0 Å². The van der Waals surface area contributed by atoms with Gasteiger partial charge in [-0.05, 0) is 5.92 Å². The van der Waals surface area contributed by atoms with Crippen molar-refractivity contribution in [3.05, 3.63) is 11.8 Å². The van der Waals surface area contributed by atoms with Crippen molar-refractivity contribution in [1.29, 1.82) is 0 Å². The molecule has 1 aromatic rings. The van der Waals surface area contributed by atoms with Crippen LogP contribution in [0, 0.1) is 6.20 Å². The second-order valence-corrected chi connectivity index (χ2v) is 3.16. The molecule has 0 aliphatic carbocycles. The van der Waals surface area contributed by atoms with Gasteiger partial charge in [0.15, 0.2) is 0 Å². The van der Waals surface area contributed by atoms with Crippen molar-refractivity contribution in [2.75, 3.05) is 0 Å². The van der Waals surface area contributed by atoms with Gasteiger partial charge >= 0.3 is 6.36 Å². The van der Waals surface area contributed by atoms with E-state index in [4.69, 9.17) is 0 Å². The van der Waals surface area contributed by atoms with Gasteiger partial charge in [0.25, 0.3) is 0 Å². The summed E-state index contributed by atoms with van der Waals surface area (Å²) in [7, 11) is 1.38. The van der Waals surface area contributed by atoms with Crippen LogP contribution in [0.15, 0.2) is 0 Å². The van der Waals surface area contributed by atoms with Crippen LogP contribution in [-0.2, 0) is 7.05 Å². The summed E-state index contributed by atoms with van der Waals surface area (Å²) >= 11 is 0.